The van der Waals surface area contributed by atoms with Crippen molar-refractivity contribution in [1.82, 2.24) is 4.72 Å². The third-order valence-electron chi connectivity index (χ3n) is 2.95. The van der Waals surface area contributed by atoms with Crippen molar-refractivity contribution in [2.75, 3.05) is 18.2 Å². The van der Waals surface area contributed by atoms with Crippen molar-refractivity contribution in [3.8, 4) is 0 Å². The van der Waals surface area contributed by atoms with Crippen molar-refractivity contribution in [2.24, 2.45) is 0 Å². The number of rotatable bonds is 6. The Labute approximate surface area is 102 Å². The van der Waals surface area contributed by atoms with Gasteiger partial charge in [-0.15, -0.1) is 11.6 Å². The number of nitrogens with one attached hydrogen (secondary N) is 1. The summed E-state index contributed by atoms with van der Waals surface area (Å²) in [6.07, 6.45) is 4.88. The molecule has 0 spiro atoms. The highest BCUT2D eigenvalue weighted by molar-refractivity contribution is 7.89. The molecule has 16 heavy (non-hydrogen) atoms. The van der Waals surface area contributed by atoms with Gasteiger partial charge in [0.2, 0.25) is 10.0 Å². The molecule has 0 aromatic heterocycles. The maximum Gasteiger partial charge on any atom is 0.211 e. The molecule has 0 atom stereocenters. The summed E-state index contributed by atoms with van der Waals surface area (Å²) >= 11 is 5.44. The van der Waals surface area contributed by atoms with Gasteiger partial charge in [-0.05, 0) is 19.3 Å². The van der Waals surface area contributed by atoms with Crippen LogP contribution in [0.5, 0.6) is 0 Å². The summed E-state index contributed by atoms with van der Waals surface area (Å²) in [7, 11) is -3.28. The number of sulfonamides is 1. The highest BCUT2D eigenvalue weighted by Crippen LogP contribution is 2.27. The number of hydrogen-bond acceptors (Lipinski definition) is 3. The Balaban J connectivity index is 2.37. The highest BCUT2D eigenvalue weighted by Gasteiger charge is 2.30. The fourth-order valence-corrected chi connectivity index (χ4v) is 3.40. The van der Waals surface area contributed by atoms with E-state index in [2.05, 4.69) is 4.72 Å². The Morgan fingerprint density at radius 1 is 1.25 bits per heavy atom. The van der Waals surface area contributed by atoms with E-state index in [1.165, 1.54) is 0 Å². The molecule has 1 aliphatic rings. The maximum absolute atomic E-state index is 11.5. The minimum atomic E-state index is -3.28. The summed E-state index contributed by atoms with van der Waals surface area (Å²) < 4.78 is 25.5. The first-order valence-electron chi connectivity index (χ1n) is 5.73. The minimum absolute atomic E-state index is 0.0343. The predicted molar refractivity (Wildman–Crippen MR) is 65.2 cm³/mol. The Hall–Kier alpha value is 0.160. The lowest BCUT2D eigenvalue weighted by Gasteiger charge is -2.32. The number of aliphatic hydroxyl groups is 1. The molecule has 1 fully saturated rings. The van der Waals surface area contributed by atoms with Crippen molar-refractivity contribution in [2.45, 2.75) is 44.1 Å². The van der Waals surface area contributed by atoms with Gasteiger partial charge in [0.25, 0.3) is 0 Å². The second-order valence-corrected chi connectivity index (χ2v) is 6.77. The summed E-state index contributed by atoms with van der Waals surface area (Å²) in [4.78, 5) is 0. The maximum atomic E-state index is 11.5. The van der Waals surface area contributed by atoms with Crippen LogP contribution in [0.15, 0.2) is 0 Å². The van der Waals surface area contributed by atoms with E-state index in [9.17, 15) is 13.5 Å². The van der Waals surface area contributed by atoms with Crippen LogP contribution in [0.25, 0.3) is 0 Å². The van der Waals surface area contributed by atoms with Crippen LogP contribution in [0.3, 0.4) is 0 Å². The molecule has 1 saturated carbocycles. The summed E-state index contributed by atoms with van der Waals surface area (Å²) in [5.41, 5.74) is -0.841. The number of alkyl halides is 1. The van der Waals surface area contributed by atoms with Crippen LogP contribution in [0, 0.1) is 0 Å². The fraction of sp³-hybridized carbons (Fsp3) is 1.00. The number of hydrogen-bond donors (Lipinski definition) is 2. The minimum Gasteiger partial charge on any atom is -0.389 e. The van der Waals surface area contributed by atoms with E-state index in [0.717, 1.165) is 19.3 Å². The van der Waals surface area contributed by atoms with Gasteiger partial charge in [-0.1, -0.05) is 19.3 Å². The first-order chi connectivity index (χ1) is 7.47. The van der Waals surface area contributed by atoms with Gasteiger partial charge in [-0.2, -0.15) is 0 Å². The average Bonchev–Trinajstić information content (AvgIpc) is 2.25. The molecular weight excluding hydrogens is 250 g/mol. The molecule has 1 aliphatic carbocycles. The Bertz CT molecular complexity index is 299. The van der Waals surface area contributed by atoms with E-state index in [4.69, 9.17) is 11.6 Å². The largest absolute Gasteiger partial charge is 0.389 e. The van der Waals surface area contributed by atoms with Crippen LogP contribution in [-0.2, 0) is 10.0 Å². The fourth-order valence-electron chi connectivity index (χ4n) is 1.95. The molecule has 0 aromatic rings. The Kier molecular flexibility index (Phi) is 5.50. The summed E-state index contributed by atoms with van der Waals surface area (Å²) in [6, 6.07) is 0. The summed E-state index contributed by atoms with van der Waals surface area (Å²) in [5, 5.41) is 10.1. The second kappa shape index (κ2) is 6.19. The van der Waals surface area contributed by atoms with Crippen LogP contribution < -0.4 is 4.72 Å². The van der Waals surface area contributed by atoms with Gasteiger partial charge < -0.3 is 5.11 Å². The smallest absolute Gasteiger partial charge is 0.211 e. The third kappa shape index (κ3) is 4.99. The van der Waals surface area contributed by atoms with Gasteiger partial charge in [0, 0.05) is 12.4 Å². The molecule has 0 aromatic carbocycles. The highest BCUT2D eigenvalue weighted by atomic mass is 35.5. The van der Waals surface area contributed by atoms with E-state index >= 15 is 0 Å². The lowest BCUT2D eigenvalue weighted by Crippen LogP contribution is -2.44. The molecule has 6 heteroatoms. The normalized spacial score (nSPS) is 20.9. The zero-order valence-electron chi connectivity index (χ0n) is 9.41. The van der Waals surface area contributed by atoms with E-state index in [0.29, 0.717) is 25.1 Å². The summed E-state index contributed by atoms with van der Waals surface area (Å²) in [5.74, 6) is 0.373. The van der Waals surface area contributed by atoms with E-state index in [1.807, 2.05) is 0 Å². The van der Waals surface area contributed by atoms with Gasteiger partial charge in [0.05, 0.1) is 11.4 Å². The molecule has 0 saturated heterocycles. The monoisotopic (exact) mass is 269 g/mol. The van der Waals surface area contributed by atoms with Gasteiger partial charge in [0.1, 0.15) is 0 Å². The Morgan fingerprint density at radius 3 is 2.44 bits per heavy atom. The SMILES string of the molecule is O=S(=O)(CCCCl)NCC1(O)CCCCC1. The molecular formula is C10H20ClNO3S. The molecule has 0 aliphatic heterocycles. The Morgan fingerprint density at radius 2 is 1.88 bits per heavy atom. The van der Waals surface area contributed by atoms with Gasteiger partial charge in [-0.25, -0.2) is 13.1 Å². The quantitative estimate of drug-likeness (QED) is 0.713. The van der Waals surface area contributed by atoms with Crippen LogP contribution in [0.4, 0.5) is 0 Å². The van der Waals surface area contributed by atoms with Gasteiger partial charge >= 0.3 is 0 Å². The average molecular weight is 270 g/mol. The van der Waals surface area contributed by atoms with Gasteiger partial charge in [-0.3, -0.25) is 0 Å². The predicted octanol–water partition coefficient (Wildman–Crippen LogP) is 1.23. The molecule has 96 valence electrons. The van der Waals surface area contributed by atoms with E-state index < -0.39 is 15.6 Å². The second-order valence-electron chi connectivity index (χ2n) is 4.47. The molecule has 2 N–H and O–H groups in total. The molecule has 4 nitrogen and oxygen atoms in total. The van der Waals surface area contributed by atoms with Crippen LogP contribution in [0.1, 0.15) is 38.5 Å². The van der Waals surface area contributed by atoms with Crippen molar-refractivity contribution < 1.29 is 13.5 Å². The third-order valence-corrected chi connectivity index (χ3v) is 4.63. The van der Waals surface area contributed by atoms with Gasteiger partial charge in [0.15, 0.2) is 0 Å². The first-order valence-corrected chi connectivity index (χ1v) is 7.92. The number of halogens is 1. The van der Waals surface area contributed by atoms with Crippen molar-refractivity contribution >= 4 is 21.6 Å². The van der Waals surface area contributed by atoms with Crippen molar-refractivity contribution in [1.29, 1.82) is 0 Å². The topological polar surface area (TPSA) is 66.4 Å². The lowest BCUT2D eigenvalue weighted by molar-refractivity contribution is 0.00946. The standard InChI is InChI=1S/C10H20ClNO3S/c11-7-4-8-16(14,15)12-9-10(13)5-2-1-3-6-10/h12-13H,1-9H2. The van der Waals surface area contributed by atoms with Crippen LogP contribution in [0.2, 0.25) is 0 Å². The summed E-state index contributed by atoms with van der Waals surface area (Å²) in [6.45, 7) is 0.137. The van der Waals surface area contributed by atoms with Crippen molar-refractivity contribution in [3.05, 3.63) is 0 Å². The van der Waals surface area contributed by atoms with E-state index in [1.54, 1.807) is 0 Å². The molecule has 1 rings (SSSR count). The van der Waals surface area contributed by atoms with Crippen LogP contribution >= 0.6 is 11.6 Å². The molecule has 0 heterocycles. The lowest BCUT2D eigenvalue weighted by atomic mass is 9.85. The molecule has 0 bridgehead atoms. The van der Waals surface area contributed by atoms with E-state index in [-0.39, 0.29) is 12.3 Å². The van der Waals surface area contributed by atoms with Crippen LogP contribution in [-0.4, -0.2) is 37.3 Å². The zero-order chi connectivity index (χ0) is 12.1. The van der Waals surface area contributed by atoms with Crippen molar-refractivity contribution in [3.63, 3.8) is 0 Å². The zero-order valence-corrected chi connectivity index (χ0v) is 11.0. The molecule has 0 radical (unpaired) electrons. The first kappa shape index (κ1) is 14.2. The molecule has 0 amide bonds. The molecule has 0 unspecified atom stereocenters.